The van der Waals surface area contributed by atoms with E-state index in [9.17, 15) is 4.79 Å². The summed E-state index contributed by atoms with van der Waals surface area (Å²) in [5.74, 6) is -0.335. The number of carbonyl (C=O) groups is 1. The predicted molar refractivity (Wildman–Crippen MR) is 63.2 cm³/mol. The van der Waals surface area contributed by atoms with Crippen molar-refractivity contribution in [2.45, 2.75) is 29.9 Å². The summed E-state index contributed by atoms with van der Waals surface area (Å²) in [6.45, 7) is 4.72. The summed E-state index contributed by atoms with van der Waals surface area (Å²) >= 11 is 2.78. The molecule has 0 saturated heterocycles. The molecule has 84 valence electrons. The lowest BCUT2D eigenvalue weighted by atomic mass is 10.5. The van der Waals surface area contributed by atoms with Crippen LogP contribution in [-0.2, 0) is 4.79 Å². The Kier molecular flexibility index (Phi) is 4.83. The Morgan fingerprint density at radius 1 is 1.67 bits per heavy atom. The first kappa shape index (κ1) is 12.3. The molecule has 0 aliphatic heterocycles. The standard InChI is InChI=1S/C8H14N4OS2/c1-3-4-10-7-11-12-8(15-7)14-5(2)6(9)13/h5H,3-4H2,1-2H3,(H2,9,13)(H,10,11)/t5-/m0/s1. The number of aromatic nitrogens is 2. The van der Waals surface area contributed by atoms with Gasteiger partial charge in [-0.3, -0.25) is 4.79 Å². The molecule has 0 aliphatic rings. The molecule has 7 heteroatoms. The number of carbonyl (C=O) groups excluding carboxylic acids is 1. The monoisotopic (exact) mass is 246 g/mol. The van der Waals surface area contributed by atoms with E-state index in [2.05, 4.69) is 22.4 Å². The lowest BCUT2D eigenvalue weighted by Gasteiger charge is -2.01. The van der Waals surface area contributed by atoms with Gasteiger partial charge in [0.15, 0.2) is 4.34 Å². The molecular weight excluding hydrogens is 232 g/mol. The van der Waals surface area contributed by atoms with Gasteiger partial charge in [-0.1, -0.05) is 30.0 Å². The average molecular weight is 246 g/mol. The number of nitrogens with one attached hydrogen (secondary N) is 1. The van der Waals surface area contributed by atoms with E-state index >= 15 is 0 Å². The minimum Gasteiger partial charge on any atom is -0.369 e. The summed E-state index contributed by atoms with van der Waals surface area (Å²) in [6, 6.07) is 0. The summed E-state index contributed by atoms with van der Waals surface area (Å²) in [5.41, 5.74) is 5.15. The minimum atomic E-state index is -0.335. The van der Waals surface area contributed by atoms with Crippen LogP contribution in [0.3, 0.4) is 0 Å². The number of rotatable bonds is 6. The maximum Gasteiger partial charge on any atom is 0.230 e. The molecular formula is C8H14N4OS2. The zero-order valence-corrected chi connectivity index (χ0v) is 10.3. The maximum atomic E-state index is 10.8. The van der Waals surface area contributed by atoms with E-state index in [4.69, 9.17) is 5.73 Å². The second-order valence-electron chi connectivity index (χ2n) is 2.96. The number of nitrogens with zero attached hydrogens (tertiary/aromatic N) is 2. The van der Waals surface area contributed by atoms with Crippen molar-refractivity contribution in [3.63, 3.8) is 0 Å². The van der Waals surface area contributed by atoms with Crippen LogP contribution < -0.4 is 11.1 Å². The highest BCUT2D eigenvalue weighted by molar-refractivity contribution is 8.02. The summed E-state index contributed by atoms with van der Waals surface area (Å²) in [7, 11) is 0. The average Bonchev–Trinajstić information content (AvgIpc) is 2.62. The molecule has 0 radical (unpaired) electrons. The molecule has 0 unspecified atom stereocenters. The van der Waals surface area contributed by atoms with E-state index in [0.29, 0.717) is 0 Å². The van der Waals surface area contributed by atoms with Crippen LogP contribution in [0.15, 0.2) is 4.34 Å². The fourth-order valence-corrected chi connectivity index (χ4v) is 2.64. The molecule has 3 N–H and O–H groups in total. The largest absolute Gasteiger partial charge is 0.369 e. The molecule has 0 aliphatic carbocycles. The molecule has 1 aromatic heterocycles. The molecule has 0 fully saturated rings. The first-order valence-electron chi connectivity index (χ1n) is 4.66. The van der Waals surface area contributed by atoms with Crippen molar-refractivity contribution in [1.82, 2.24) is 10.2 Å². The first-order valence-corrected chi connectivity index (χ1v) is 6.36. The molecule has 15 heavy (non-hydrogen) atoms. The van der Waals surface area contributed by atoms with Crippen molar-refractivity contribution in [3.8, 4) is 0 Å². The second-order valence-corrected chi connectivity index (χ2v) is 5.53. The van der Waals surface area contributed by atoms with E-state index in [1.54, 1.807) is 6.92 Å². The fourth-order valence-electron chi connectivity index (χ4n) is 0.770. The van der Waals surface area contributed by atoms with Gasteiger partial charge >= 0.3 is 0 Å². The van der Waals surface area contributed by atoms with Crippen molar-refractivity contribution >= 4 is 34.1 Å². The molecule has 0 aromatic carbocycles. The molecule has 1 heterocycles. The van der Waals surface area contributed by atoms with Gasteiger partial charge in [-0.2, -0.15) is 0 Å². The van der Waals surface area contributed by atoms with Gasteiger partial charge in [0.05, 0.1) is 5.25 Å². The highest BCUT2D eigenvalue weighted by Crippen LogP contribution is 2.28. The molecule has 0 spiro atoms. The predicted octanol–water partition coefficient (Wildman–Crippen LogP) is 1.33. The summed E-state index contributed by atoms with van der Waals surface area (Å²) < 4.78 is 0.764. The van der Waals surface area contributed by atoms with E-state index < -0.39 is 0 Å². The van der Waals surface area contributed by atoms with Crippen molar-refractivity contribution in [3.05, 3.63) is 0 Å². The van der Waals surface area contributed by atoms with Crippen LogP contribution in [0.1, 0.15) is 20.3 Å². The lowest BCUT2D eigenvalue weighted by Crippen LogP contribution is -2.22. The van der Waals surface area contributed by atoms with Gasteiger partial charge in [-0.05, 0) is 13.3 Å². The number of primary amides is 1. The Morgan fingerprint density at radius 2 is 2.40 bits per heavy atom. The third-order valence-electron chi connectivity index (χ3n) is 1.61. The summed E-state index contributed by atoms with van der Waals surface area (Å²) in [6.07, 6.45) is 1.04. The van der Waals surface area contributed by atoms with Crippen molar-refractivity contribution < 1.29 is 4.79 Å². The molecule has 5 nitrogen and oxygen atoms in total. The van der Waals surface area contributed by atoms with Crippen molar-refractivity contribution in [2.75, 3.05) is 11.9 Å². The van der Waals surface area contributed by atoms with Crippen LogP contribution >= 0.6 is 23.1 Å². The molecule has 1 rings (SSSR count). The summed E-state index contributed by atoms with van der Waals surface area (Å²) in [4.78, 5) is 10.8. The zero-order valence-electron chi connectivity index (χ0n) is 8.69. The normalized spacial score (nSPS) is 12.4. The molecule has 1 atom stereocenters. The van der Waals surface area contributed by atoms with Gasteiger partial charge in [-0.15, -0.1) is 10.2 Å². The molecule has 1 amide bonds. The zero-order chi connectivity index (χ0) is 11.3. The van der Waals surface area contributed by atoms with Crippen LogP contribution in [0.4, 0.5) is 5.13 Å². The number of anilines is 1. The maximum absolute atomic E-state index is 10.8. The van der Waals surface area contributed by atoms with E-state index in [1.165, 1.54) is 23.1 Å². The fraction of sp³-hybridized carbons (Fsp3) is 0.625. The van der Waals surface area contributed by atoms with Gasteiger partial charge in [-0.25, -0.2) is 0 Å². The van der Waals surface area contributed by atoms with Crippen LogP contribution in [0.5, 0.6) is 0 Å². The van der Waals surface area contributed by atoms with Gasteiger partial charge in [0.2, 0.25) is 11.0 Å². The van der Waals surface area contributed by atoms with Crippen LogP contribution in [0.25, 0.3) is 0 Å². The number of nitrogens with two attached hydrogens (primary N) is 1. The van der Waals surface area contributed by atoms with Crippen LogP contribution in [0, 0.1) is 0 Å². The molecule has 0 saturated carbocycles. The first-order chi connectivity index (χ1) is 7.13. The van der Waals surface area contributed by atoms with Crippen molar-refractivity contribution in [1.29, 1.82) is 0 Å². The third-order valence-corrected chi connectivity index (χ3v) is 3.69. The van der Waals surface area contributed by atoms with E-state index in [0.717, 1.165) is 22.4 Å². The van der Waals surface area contributed by atoms with E-state index in [1.807, 2.05) is 0 Å². The number of thioether (sulfide) groups is 1. The number of hydrogen-bond acceptors (Lipinski definition) is 6. The Bertz CT molecular complexity index is 328. The van der Waals surface area contributed by atoms with Crippen molar-refractivity contribution in [2.24, 2.45) is 5.73 Å². The minimum absolute atomic E-state index is 0.267. The SMILES string of the molecule is CCCNc1nnc(S[C@@H](C)C(N)=O)s1. The molecule has 0 bridgehead atoms. The highest BCUT2D eigenvalue weighted by Gasteiger charge is 2.13. The number of amides is 1. The lowest BCUT2D eigenvalue weighted by molar-refractivity contribution is -0.117. The topological polar surface area (TPSA) is 80.9 Å². The third kappa shape index (κ3) is 4.05. The summed E-state index contributed by atoms with van der Waals surface area (Å²) in [5, 5.41) is 11.6. The Balaban J connectivity index is 2.49. The smallest absolute Gasteiger partial charge is 0.230 e. The van der Waals surface area contributed by atoms with Crippen LogP contribution in [0.2, 0.25) is 0 Å². The number of hydrogen-bond donors (Lipinski definition) is 2. The van der Waals surface area contributed by atoms with E-state index in [-0.39, 0.29) is 11.2 Å². The quantitative estimate of drug-likeness (QED) is 0.740. The Morgan fingerprint density at radius 3 is 3.00 bits per heavy atom. The van der Waals surface area contributed by atoms with Crippen LogP contribution in [-0.4, -0.2) is 27.9 Å². The Hall–Kier alpha value is -0.820. The van der Waals surface area contributed by atoms with Gasteiger partial charge < -0.3 is 11.1 Å². The Labute approximate surface area is 96.8 Å². The van der Waals surface area contributed by atoms with Gasteiger partial charge in [0.1, 0.15) is 0 Å². The van der Waals surface area contributed by atoms with Gasteiger partial charge in [0, 0.05) is 6.54 Å². The van der Waals surface area contributed by atoms with Gasteiger partial charge in [0.25, 0.3) is 0 Å². The second kappa shape index (κ2) is 5.92. The highest BCUT2D eigenvalue weighted by atomic mass is 32.2. The molecule has 1 aromatic rings.